The van der Waals surface area contributed by atoms with Gasteiger partial charge in [-0.3, -0.25) is 0 Å². The highest BCUT2D eigenvalue weighted by molar-refractivity contribution is 5.95. The van der Waals surface area contributed by atoms with Crippen molar-refractivity contribution in [2.45, 2.75) is 20.3 Å². The molecule has 1 heterocycles. The Bertz CT molecular complexity index is 923. The maximum absolute atomic E-state index is 11.4. The molecule has 0 amide bonds. The Balaban J connectivity index is 1.84. The fraction of sp³-hybridized carbons (Fsp3) is 0.150. The third-order valence-electron chi connectivity index (χ3n) is 3.89. The molecule has 0 bridgehead atoms. The van der Waals surface area contributed by atoms with Crippen LogP contribution in [0.3, 0.4) is 0 Å². The highest BCUT2D eigenvalue weighted by Crippen LogP contribution is 2.23. The molecule has 0 saturated heterocycles. The van der Waals surface area contributed by atoms with Gasteiger partial charge >= 0.3 is 5.97 Å². The first kappa shape index (κ1) is 17.4. The van der Waals surface area contributed by atoms with E-state index in [4.69, 9.17) is 0 Å². The quantitative estimate of drug-likeness (QED) is 0.606. The molecule has 3 aromatic rings. The zero-order valence-corrected chi connectivity index (χ0v) is 14.7. The Kier molecular flexibility index (Phi) is 5.12. The van der Waals surface area contributed by atoms with Gasteiger partial charge in [0.2, 0.25) is 0 Å². The predicted molar refractivity (Wildman–Crippen MR) is 103 cm³/mol. The number of para-hydroxylation sites is 1. The summed E-state index contributed by atoms with van der Waals surface area (Å²) >= 11 is 0. The second-order valence-electron chi connectivity index (χ2n) is 5.84. The van der Waals surface area contributed by atoms with E-state index in [1.54, 1.807) is 37.3 Å². The number of aromatic nitrogens is 2. The van der Waals surface area contributed by atoms with Crippen LogP contribution in [0.25, 0.3) is 0 Å². The van der Waals surface area contributed by atoms with Crippen molar-refractivity contribution in [2.75, 3.05) is 10.6 Å². The van der Waals surface area contributed by atoms with Gasteiger partial charge in [0.25, 0.3) is 0 Å². The molecule has 0 aliphatic rings. The topological polar surface area (TPSA) is 87.1 Å². The van der Waals surface area contributed by atoms with Crippen LogP contribution in [0, 0.1) is 6.92 Å². The summed E-state index contributed by atoms with van der Waals surface area (Å²) in [6.45, 7) is 3.91. The zero-order chi connectivity index (χ0) is 18.5. The molecule has 0 fully saturated rings. The van der Waals surface area contributed by atoms with Crippen LogP contribution in [0.15, 0.2) is 54.6 Å². The molecule has 0 radical (unpaired) electrons. The van der Waals surface area contributed by atoms with Crippen LogP contribution in [0.4, 0.5) is 23.0 Å². The van der Waals surface area contributed by atoms with Crippen LogP contribution in [-0.2, 0) is 6.42 Å². The Hall–Kier alpha value is -3.41. The lowest BCUT2D eigenvalue weighted by Gasteiger charge is -2.12. The molecule has 6 nitrogen and oxygen atoms in total. The molecule has 0 aliphatic heterocycles. The summed E-state index contributed by atoms with van der Waals surface area (Å²) in [7, 11) is 0. The maximum atomic E-state index is 11.4. The SMILES string of the molecule is CCc1ccc(Nc2cc(Nc3ccccc3C(=O)O)nc(C)n2)cc1. The number of hydrogen-bond donors (Lipinski definition) is 3. The van der Waals surface area contributed by atoms with E-state index in [2.05, 4.69) is 39.7 Å². The summed E-state index contributed by atoms with van der Waals surface area (Å²) in [5, 5.41) is 15.6. The van der Waals surface area contributed by atoms with Crippen LogP contribution < -0.4 is 10.6 Å². The summed E-state index contributed by atoms with van der Waals surface area (Å²) in [5.74, 6) is 0.750. The molecule has 0 saturated carbocycles. The molecule has 0 spiro atoms. The highest BCUT2D eigenvalue weighted by Gasteiger charge is 2.10. The normalized spacial score (nSPS) is 10.4. The van der Waals surface area contributed by atoms with Crippen molar-refractivity contribution in [3.8, 4) is 0 Å². The van der Waals surface area contributed by atoms with Gasteiger partial charge in [-0.25, -0.2) is 14.8 Å². The van der Waals surface area contributed by atoms with Gasteiger partial charge in [-0.2, -0.15) is 0 Å². The number of carbonyl (C=O) groups is 1. The van der Waals surface area contributed by atoms with Gasteiger partial charge in [0.15, 0.2) is 0 Å². The van der Waals surface area contributed by atoms with E-state index < -0.39 is 5.97 Å². The van der Waals surface area contributed by atoms with Gasteiger partial charge in [-0.05, 0) is 43.2 Å². The summed E-state index contributed by atoms with van der Waals surface area (Å²) in [6.07, 6.45) is 0.990. The molecule has 3 rings (SSSR count). The molecule has 132 valence electrons. The zero-order valence-electron chi connectivity index (χ0n) is 14.7. The molecule has 2 aromatic carbocycles. The fourth-order valence-corrected chi connectivity index (χ4v) is 2.58. The van der Waals surface area contributed by atoms with E-state index in [9.17, 15) is 9.90 Å². The molecule has 0 unspecified atom stereocenters. The maximum Gasteiger partial charge on any atom is 0.337 e. The van der Waals surface area contributed by atoms with Crippen LogP contribution in [0.5, 0.6) is 0 Å². The Morgan fingerprint density at radius 2 is 1.65 bits per heavy atom. The number of benzene rings is 2. The van der Waals surface area contributed by atoms with Crippen LogP contribution in [-0.4, -0.2) is 21.0 Å². The monoisotopic (exact) mass is 348 g/mol. The first-order valence-electron chi connectivity index (χ1n) is 8.36. The van der Waals surface area contributed by atoms with Crippen molar-refractivity contribution in [3.05, 3.63) is 71.5 Å². The standard InChI is InChI=1S/C20H20N4O2/c1-3-14-8-10-15(11-9-14)23-18-12-19(22-13(2)21-18)24-17-7-5-4-6-16(17)20(25)26/h4-12H,3H2,1-2H3,(H,25,26)(H2,21,22,23,24). The Labute approximate surface area is 152 Å². The minimum absolute atomic E-state index is 0.188. The molecule has 3 N–H and O–H groups in total. The lowest BCUT2D eigenvalue weighted by molar-refractivity contribution is 0.0698. The van der Waals surface area contributed by atoms with Crippen molar-refractivity contribution in [1.29, 1.82) is 0 Å². The average Bonchev–Trinajstić information content (AvgIpc) is 2.62. The molecular weight excluding hydrogens is 328 g/mol. The molecule has 6 heteroatoms. The molecule has 0 atom stereocenters. The number of rotatable bonds is 6. The molecule has 0 aliphatic carbocycles. The van der Waals surface area contributed by atoms with E-state index in [0.29, 0.717) is 23.1 Å². The van der Waals surface area contributed by atoms with Crippen molar-refractivity contribution in [3.63, 3.8) is 0 Å². The number of aromatic carboxylic acids is 1. The van der Waals surface area contributed by atoms with Gasteiger partial charge < -0.3 is 15.7 Å². The Morgan fingerprint density at radius 1 is 1.00 bits per heavy atom. The second kappa shape index (κ2) is 7.65. The van der Waals surface area contributed by atoms with Crippen molar-refractivity contribution >= 4 is 29.0 Å². The smallest absolute Gasteiger partial charge is 0.337 e. The van der Waals surface area contributed by atoms with Crippen LogP contribution in [0.1, 0.15) is 28.7 Å². The van der Waals surface area contributed by atoms with Crippen LogP contribution >= 0.6 is 0 Å². The summed E-state index contributed by atoms with van der Waals surface area (Å²) in [6, 6.07) is 16.6. The van der Waals surface area contributed by atoms with Crippen LogP contribution in [0.2, 0.25) is 0 Å². The number of nitrogens with zero attached hydrogens (tertiary/aromatic N) is 2. The third kappa shape index (κ3) is 4.16. The van der Waals surface area contributed by atoms with Gasteiger partial charge in [-0.1, -0.05) is 31.2 Å². The molecule has 1 aromatic heterocycles. The minimum Gasteiger partial charge on any atom is -0.478 e. The van der Waals surface area contributed by atoms with E-state index in [0.717, 1.165) is 12.1 Å². The number of carboxylic acids is 1. The van der Waals surface area contributed by atoms with Crippen molar-refractivity contribution in [1.82, 2.24) is 9.97 Å². The number of hydrogen-bond acceptors (Lipinski definition) is 5. The average molecular weight is 348 g/mol. The first-order valence-corrected chi connectivity index (χ1v) is 8.36. The number of aryl methyl sites for hydroxylation is 2. The second-order valence-corrected chi connectivity index (χ2v) is 5.84. The van der Waals surface area contributed by atoms with Crippen molar-refractivity contribution in [2.24, 2.45) is 0 Å². The number of nitrogens with one attached hydrogen (secondary N) is 2. The lowest BCUT2D eigenvalue weighted by atomic mass is 10.1. The summed E-state index contributed by atoms with van der Waals surface area (Å²) < 4.78 is 0. The van der Waals surface area contributed by atoms with Gasteiger partial charge in [-0.15, -0.1) is 0 Å². The number of carboxylic acid groups (broad SMARTS) is 1. The third-order valence-corrected chi connectivity index (χ3v) is 3.89. The number of anilines is 4. The Morgan fingerprint density at radius 3 is 2.31 bits per heavy atom. The molecular formula is C20H20N4O2. The first-order chi connectivity index (χ1) is 12.5. The molecule has 26 heavy (non-hydrogen) atoms. The minimum atomic E-state index is -0.992. The fourth-order valence-electron chi connectivity index (χ4n) is 2.58. The van der Waals surface area contributed by atoms with E-state index >= 15 is 0 Å². The van der Waals surface area contributed by atoms with Gasteiger partial charge in [0.05, 0.1) is 11.3 Å². The summed E-state index contributed by atoms with van der Waals surface area (Å²) in [5.41, 5.74) is 2.86. The van der Waals surface area contributed by atoms with E-state index in [1.807, 2.05) is 12.1 Å². The summed E-state index contributed by atoms with van der Waals surface area (Å²) in [4.78, 5) is 20.1. The lowest BCUT2D eigenvalue weighted by Crippen LogP contribution is -2.05. The largest absolute Gasteiger partial charge is 0.478 e. The van der Waals surface area contributed by atoms with Gasteiger partial charge in [0.1, 0.15) is 17.5 Å². The highest BCUT2D eigenvalue weighted by atomic mass is 16.4. The van der Waals surface area contributed by atoms with Gasteiger partial charge in [0, 0.05) is 11.8 Å². The van der Waals surface area contributed by atoms with E-state index in [1.165, 1.54) is 5.56 Å². The predicted octanol–water partition coefficient (Wildman–Crippen LogP) is 4.53. The van der Waals surface area contributed by atoms with E-state index in [-0.39, 0.29) is 5.56 Å². The van der Waals surface area contributed by atoms with Crippen molar-refractivity contribution < 1.29 is 9.90 Å².